The van der Waals surface area contributed by atoms with Gasteiger partial charge in [-0.25, -0.2) is 0 Å². The Hall–Kier alpha value is -1.38. The van der Waals surface area contributed by atoms with Crippen molar-refractivity contribution in [2.24, 2.45) is 7.05 Å². The maximum Gasteiger partial charge on any atom is 0.166 e. The van der Waals surface area contributed by atoms with E-state index in [9.17, 15) is 4.79 Å². The van der Waals surface area contributed by atoms with Crippen LogP contribution in [0.3, 0.4) is 0 Å². The summed E-state index contributed by atoms with van der Waals surface area (Å²) < 4.78 is 1.68. The molecule has 0 atom stereocenters. The third kappa shape index (κ3) is 2.55. The first-order valence-corrected chi connectivity index (χ1v) is 4.79. The highest BCUT2D eigenvalue weighted by Gasteiger charge is 2.11. The quantitative estimate of drug-likeness (QED) is 0.407. The van der Waals surface area contributed by atoms with Crippen molar-refractivity contribution in [2.45, 2.75) is 26.2 Å². The van der Waals surface area contributed by atoms with Crippen molar-refractivity contribution in [1.82, 2.24) is 9.78 Å². The summed E-state index contributed by atoms with van der Waals surface area (Å²) in [6.45, 7) is 5.49. The molecule has 0 saturated heterocycles. The van der Waals surface area contributed by atoms with Crippen LogP contribution in [0.4, 0.5) is 0 Å². The van der Waals surface area contributed by atoms with Gasteiger partial charge in [0.15, 0.2) is 5.78 Å². The van der Waals surface area contributed by atoms with Crippen LogP contribution in [0.2, 0.25) is 0 Å². The molecule has 1 heterocycles. The van der Waals surface area contributed by atoms with Crippen LogP contribution >= 0.6 is 0 Å². The number of nitrogens with zero attached hydrogens (tertiary/aromatic N) is 2. The number of Topliss-reactive ketones (excluding diaryl/α,β-unsaturated/α-hetero) is 1. The Morgan fingerprint density at radius 1 is 1.71 bits per heavy atom. The van der Waals surface area contributed by atoms with Gasteiger partial charge in [-0.3, -0.25) is 9.48 Å². The zero-order valence-electron chi connectivity index (χ0n) is 8.79. The summed E-state index contributed by atoms with van der Waals surface area (Å²) in [7, 11) is 1.83. The number of ketones is 1. The fraction of sp³-hybridized carbons (Fsp3) is 0.455. The second kappa shape index (κ2) is 4.74. The van der Waals surface area contributed by atoms with E-state index in [2.05, 4.69) is 11.7 Å². The van der Waals surface area contributed by atoms with Crippen molar-refractivity contribution in [3.63, 3.8) is 0 Å². The number of carbonyl (C=O) groups is 1. The van der Waals surface area contributed by atoms with Gasteiger partial charge in [0.1, 0.15) is 0 Å². The highest BCUT2D eigenvalue weighted by atomic mass is 16.1. The molecule has 0 saturated carbocycles. The molecule has 1 rings (SSSR count). The Morgan fingerprint density at radius 3 is 2.93 bits per heavy atom. The summed E-state index contributed by atoms with van der Waals surface area (Å²) in [6.07, 6.45) is 5.97. The van der Waals surface area contributed by atoms with Crippen LogP contribution < -0.4 is 0 Å². The third-order valence-corrected chi connectivity index (χ3v) is 2.13. The van der Waals surface area contributed by atoms with Crippen LogP contribution in [0, 0.1) is 6.92 Å². The van der Waals surface area contributed by atoms with E-state index in [0.29, 0.717) is 6.42 Å². The van der Waals surface area contributed by atoms with E-state index in [1.807, 2.05) is 20.0 Å². The minimum absolute atomic E-state index is 0.178. The molecule has 3 heteroatoms. The van der Waals surface area contributed by atoms with Crippen molar-refractivity contribution in [1.29, 1.82) is 0 Å². The molecule has 0 N–H and O–H groups in total. The van der Waals surface area contributed by atoms with Crippen LogP contribution in [-0.2, 0) is 7.05 Å². The number of rotatable bonds is 5. The molecule has 0 fully saturated rings. The second-order valence-corrected chi connectivity index (χ2v) is 3.41. The first kappa shape index (κ1) is 10.7. The van der Waals surface area contributed by atoms with Crippen molar-refractivity contribution in [3.05, 3.63) is 30.1 Å². The molecule has 1 aromatic heterocycles. The van der Waals surface area contributed by atoms with Crippen molar-refractivity contribution in [3.8, 4) is 0 Å². The average molecular weight is 192 g/mol. The number of hydrogen-bond acceptors (Lipinski definition) is 2. The average Bonchev–Trinajstić information content (AvgIpc) is 2.45. The molecule has 0 aliphatic rings. The first-order chi connectivity index (χ1) is 6.65. The number of aryl methyl sites for hydroxylation is 2. The van der Waals surface area contributed by atoms with E-state index in [1.54, 1.807) is 10.9 Å². The van der Waals surface area contributed by atoms with Gasteiger partial charge < -0.3 is 0 Å². The van der Waals surface area contributed by atoms with Gasteiger partial charge in [-0.05, 0) is 19.8 Å². The zero-order chi connectivity index (χ0) is 10.6. The highest BCUT2D eigenvalue weighted by Crippen LogP contribution is 2.10. The molecular formula is C11H16N2O. The van der Waals surface area contributed by atoms with Crippen LogP contribution in [0.1, 0.15) is 35.3 Å². The predicted molar refractivity (Wildman–Crippen MR) is 56.3 cm³/mol. The van der Waals surface area contributed by atoms with E-state index < -0.39 is 0 Å². The van der Waals surface area contributed by atoms with Gasteiger partial charge >= 0.3 is 0 Å². The molecule has 3 nitrogen and oxygen atoms in total. The summed E-state index contributed by atoms with van der Waals surface area (Å²) in [6, 6.07) is 0. The Balaban J connectivity index is 2.60. The number of unbranched alkanes of at least 4 members (excludes halogenated alkanes) is 1. The van der Waals surface area contributed by atoms with Crippen molar-refractivity contribution in [2.75, 3.05) is 0 Å². The first-order valence-electron chi connectivity index (χ1n) is 4.79. The van der Waals surface area contributed by atoms with E-state index in [4.69, 9.17) is 0 Å². The fourth-order valence-corrected chi connectivity index (χ4v) is 1.41. The third-order valence-electron chi connectivity index (χ3n) is 2.13. The molecule has 0 radical (unpaired) electrons. The molecule has 0 aromatic carbocycles. The number of aromatic nitrogens is 2. The monoisotopic (exact) mass is 192 g/mol. The van der Waals surface area contributed by atoms with Crippen LogP contribution in [-0.4, -0.2) is 15.6 Å². The van der Waals surface area contributed by atoms with Crippen LogP contribution in [0.5, 0.6) is 0 Å². The lowest BCUT2D eigenvalue weighted by Crippen LogP contribution is -1.99. The molecular weight excluding hydrogens is 176 g/mol. The lowest BCUT2D eigenvalue weighted by molar-refractivity contribution is 0.0980. The van der Waals surface area contributed by atoms with Gasteiger partial charge in [-0.2, -0.15) is 5.10 Å². The minimum Gasteiger partial charge on any atom is -0.294 e. The van der Waals surface area contributed by atoms with Crippen LogP contribution in [0.25, 0.3) is 0 Å². The molecule has 0 unspecified atom stereocenters. The maximum absolute atomic E-state index is 11.7. The summed E-state index contributed by atoms with van der Waals surface area (Å²) >= 11 is 0. The van der Waals surface area contributed by atoms with Gasteiger partial charge in [0, 0.05) is 19.7 Å². The summed E-state index contributed by atoms with van der Waals surface area (Å²) in [5.41, 5.74) is 1.56. The summed E-state index contributed by atoms with van der Waals surface area (Å²) in [5.74, 6) is 0.178. The summed E-state index contributed by atoms with van der Waals surface area (Å²) in [5, 5.41) is 4.14. The van der Waals surface area contributed by atoms with Gasteiger partial charge in [-0.15, -0.1) is 6.58 Å². The smallest absolute Gasteiger partial charge is 0.166 e. The second-order valence-electron chi connectivity index (χ2n) is 3.41. The maximum atomic E-state index is 11.7. The Labute approximate surface area is 84.4 Å². The standard InChI is InChI=1S/C11H16N2O/c1-4-5-6-7-11(14)10-8-13(3)12-9(10)2/h4,8H,1,5-7H2,2-3H3. The predicted octanol–water partition coefficient (Wildman–Crippen LogP) is 2.27. The molecule has 1 aromatic rings. The largest absolute Gasteiger partial charge is 0.294 e. The number of hydrogen-bond donors (Lipinski definition) is 0. The Kier molecular flexibility index (Phi) is 3.63. The van der Waals surface area contributed by atoms with E-state index in [0.717, 1.165) is 24.1 Å². The SMILES string of the molecule is C=CCCCC(=O)c1cn(C)nc1C. The van der Waals surface area contributed by atoms with E-state index in [1.165, 1.54) is 0 Å². The topological polar surface area (TPSA) is 34.9 Å². The van der Waals surface area contributed by atoms with E-state index >= 15 is 0 Å². The molecule has 14 heavy (non-hydrogen) atoms. The fourth-order valence-electron chi connectivity index (χ4n) is 1.41. The van der Waals surface area contributed by atoms with Gasteiger partial charge in [0.05, 0.1) is 11.3 Å². The lowest BCUT2D eigenvalue weighted by atomic mass is 10.1. The van der Waals surface area contributed by atoms with Gasteiger partial charge in [0.25, 0.3) is 0 Å². The molecule has 76 valence electrons. The normalized spacial score (nSPS) is 10.1. The number of carbonyl (C=O) groups excluding carboxylic acids is 1. The molecule has 0 aliphatic carbocycles. The zero-order valence-corrected chi connectivity index (χ0v) is 8.79. The molecule has 0 amide bonds. The highest BCUT2D eigenvalue weighted by molar-refractivity contribution is 5.96. The number of allylic oxidation sites excluding steroid dienone is 1. The Bertz CT molecular complexity index is 339. The van der Waals surface area contributed by atoms with Crippen molar-refractivity contribution < 1.29 is 4.79 Å². The molecule has 0 bridgehead atoms. The van der Waals surface area contributed by atoms with Gasteiger partial charge in [-0.1, -0.05) is 6.08 Å². The molecule has 0 spiro atoms. The van der Waals surface area contributed by atoms with E-state index in [-0.39, 0.29) is 5.78 Å². The molecule has 0 aliphatic heterocycles. The summed E-state index contributed by atoms with van der Waals surface area (Å²) in [4.78, 5) is 11.7. The Morgan fingerprint density at radius 2 is 2.43 bits per heavy atom. The lowest BCUT2D eigenvalue weighted by Gasteiger charge is -1.96. The van der Waals surface area contributed by atoms with Crippen molar-refractivity contribution >= 4 is 5.78 Å². The minimum atomic E-state index is 0.178. The van der Waals surface area contributed by atoms with Gasteiger partial charge in [0.2, 0.25) is 0 Å². The van der Waals surface area contributed by atoms with Crippen LogP contribution in [0.15, 0.2) is 18.9 Å².